The monoisotopic (exact) mass is 248 g/mol. The van der Waals surface area contributed by atoms with Gasteiger partial charge in [0.25, 0.3) is 0 Å². The van der Waals surface area contributed by atoms with E-state index in [2.05, 4.69) is 50.1 Å². The Hall–Kier alpha value is -1.06. The van der Waals surface area contributed by atoms with Gasteiger partial charge in [-0.25, -0.2) is 0 Å². The van der Waals surface area contributed by atoms with Crippen molar-refractivity contribution in [3.63, 3.8) is 0 Å². The zero-order chi connectivity index (χ0) is 13.2. The first-order chi connectivity index (χ1) is 8.49. The van der Waals surface area contributed by atoms with E-state index in [1.165, 1.54) is 5.69 Å². The minimum atomic E-state index is -0.0966. The first kappa shape index (κ1) is 13.4. The van der Waals surface area contributed by atoms with Gasteiger partial charge in [-0.1, -0.05) is 18.2 Å². The Morgan fingerprint density at radius 3 is 2.50 bits per heavy atom. The summed E-state index contributed by atoms with van der Waals surface area (Å²) in [6, 6.07) is 10.5. The number of nitrogens with zero attached hydrogens (tertiary/aromatic N) is 1. The molecule has 2 N–H and O–H groups in total. The van der Waals surface area contributed by atoms with Gasteiger partial charge in [-0.15, -0.1) is 0 Å². The molecule has 1 unspecified atom stereocenters. The summed E-state index contributed by atoms with van der Waals surface area (Å²) in [5.41, 5.74) is 7.23. The smallest absolute Gasteiger partial charge is 0.0649 e. The van der Waals surface area contributed by atoms with E-state index in [0.29, 0.717) is 6.54 Å². The Morgan fingerprint density at radius 2 is 1.94 bits per heavy atom. The van der Waals surface area contributed by atoms with E-state index in [4.69, 9.17) is 10.5 Å². The van der Waals surface area contributed by atoms with Crippen LogP contribution in [0, 0.1) is 0 Å². The van der Waals surface area contributed by atoms with Crippen LogP contribution in [0.4, 0.5) is 5.69 Å². The van der Waals surface area contributed by atoms with Crippen LogP contribution in [-0.4, -0.2) is 31.3 Å². The van der Waals surface area contributed by atoms with Gasteiger partial charge in [-0.2, -0.15) is 0 Å². The second-order valence-corrected chi connectivity index (χ2v) is 5.86. The molecule has 0 radical (unpaired) electrons. The minimum absolute atomic E-state index is 0.00308. The molecule has 0 bridgehead atoms. The topological polar surface area (TPSA) is 38.5 Å². The molecule has 1 aromatic rings. The zero-order valence-corrected chi connectivity index (χ0v) is 11.6. The summed E-state index contributed by atoms with van der Waals surface area (Å²) in [6.07, 6.45) is 1.94. The van der Waals surface area contributed by atoms with Crippen LogP contribution >= 0.6 is 0 Å². The maximum absolute atomic E-state index is 6.10. The van der Waals surface area contributed by atoms with Gasteiger partial charge in [-0.05, 0) is 32.4 Å². The van der Waals surface area contributed by atoms with Crippen LogP contribution in [0.1, 0.15) is 26.7 Å². The van der Waals surface area contributed by atoms with Crippen LogP contribution in [0.15, 0.2) is 30.3 Å². The Morgan fingerprint density at radius 1 is 1.28 bits per heavy atom. The molecular weight excluding hydrogens is 224 g/mol. The maximum Gasteiger partial charge on any atom is 0.0649 e. The van der Waals surface area contributed by atoms with Gasteiger partial charge in [0.1, 0.15) is 0 Å². The lowest BCUT2D eigenvalue weighted by molar-refractivity contribution is -0.0786. The van der Waals surface area contributed by atoms with Gasteiger partial charge in [-0.3, -0.25) is 0 Å². The zero-order valence-electron chi connectivity index (χ0n) is 11.6. The van der Waals surface area contributed by atoms with E-state index >= 15 is 0 Å². The largest absolute Gasteiger partial charge is 0.375 e. The van der Waals surface area contributed by atoms with Crippen molar-refractivity contribution in [1.29, 1.82) is 0 Å². The summed E-state index contributed by atoms with van der Waals surface area (Å²) >= 11 is 0. The number of anilines is 1. The van der Waals surface area contributed by atoms with Crippen molar-refractivity contribution < 1.29 is 4.74 Å². The molecular formula is C15H24N2O. The normalized spacial score (nSPS) is 26.9. The summed E-state index contributed by atoms with van der Waals surface area (Å²) in [4.78, 5) is 2.33. The van der Waals surface area contributed by atoms with E-state index in [1.807, 2.05) is 6.07 Å². The average Bonchev–Trinajstić information content (AvgIpc) is 2.37. The van der Waals surface area contributed by atoms with Crippen molar-refractivity contribution in [2.24, 2.45) is 5.73 Å². The van der Waals surface area contributed by atoms with Gasteiger partial charge in [0.05, 0.1) is 11.1 Å². The molecule has 1 aliphatic heterocycles. The standard InChI is InChI=1S/C15H24N2O/c1-14(2)11-15(12-16,9-10-18-14)17(3)13-7-5-4-6-8-13/h4-8H,9-12,16H2,1-3H3. The molecule has 0 aromatic heterocycles. The number of para-hydroxylation sites is 1. The minimum Gasteiger partial charge on any atom is -0.375 e. The molecule has 3 heteroatoms. The molecule has 3 nitrogen and oxygen atoms in total. The van der Waals surface area contributed by atoms with Crippen molar-refractivity contribution >= 4 is 5.69 Å². The lowest BCUT2D eigenvalue weighted by atomic mass is 9.80. The van der Waals surface area contributed by atoms with Crippen molar-refractivity contribution in [3.05, 3.63) is 30.3 Å². The first-order valence-electron chi connectivity index (χ1n) is 6.62. The molecule has 1 aromatic carbocycles. The summed E-state index contributed by atoms with van der Waals surface area (Å²) in [5, 5.41) is 0. The predicted octanol–water partition coefficient (Wildman–Crippen LogP) is 2.41. The third kappa shape index (κ3) is 2.52. The first-order valence-corrected chi connectivity index (χ1v) is 6.62. The Balaban J connectivity index is 2.27. The van der Waals surface area contributed by atoms with E-state index in [0.717, 1.165) is 19.4 Å². The molecule has 100 valence electrons. The fourth-order valence-electron chi connectivity index (χ4n) is 2.97. The van der Waals surface area contributed by atoms with Crippen LogP contribution in [0.3, 0.4) is 0 Å². The van der Waals surface area contributed by atoms with E-state index in [-0.39, 0.29) is 11.1 Å². The number of rotatable bonds is 3. The van der Waals surface area contributed by atoms with Crippen LogP contribution in [0.5, 0.6) is 0 Å². The van der Waals surface area contributed by atoms with Crippen LogP contribution in [0.25, 0.3) is 0 Å². The summed E-state index contributed by atoms with van der Waals surface area (Å²) in [6.45, 7) is 5.73. The lowest BCUT2D eigenvalue weighted by Crippen LogP contribution is -2.59. The summed E-state index contributed by atoms with van der Waals surface area (Å²) in [7, 11) is 2.14. The van der Waals surface area contributed by atoms with Crippen LogP contribution in [0.2, 0.25) is 0 Å². The molecule has 0 spiro atoms. The highest BCUT2D eigenvalue weighted by Gasteiger charge is 2.42. The van der Waals surface area contributed by atoms with Crippen molar-refractivity contribution in [3.8, 4) is 0 Å². The molecule has 1 heterocycles. The highest BCUT2D eigenvalue weighted by Crippen LogP contribution is 2.37. The van der Waals surface area contributed by atoms with Crippen molar-refractivity contribution in [1.82, 2.24) is 0 Å². The Bertz CT molecular complexity index is 391. The van der Waals surface area contributed by atoms with E-state index in [1.54, 1.807) is 0 Å². The fourth-order valence-corrected chi connectivity index (χ4v) is 2.97. The lowest BCUT2D eigenvalue weighted by Gasteiger charge is -2.50. The number of nitrogens with two attached hydrogens (primary N) is 1. The number of ether oxygens (including phenoxy) is 1. The third-order valence-corrected chi connectivity index (χ3v) is 4.05. The molecule has 0 aliphatic carbocycles. The van der Waals surface area contributed by atoms with Gasteiger partial charge in [0.2, 0.25) is 0 Å². The maximum atomic E-state index is 6.10. The third-order valence-electron chi connectivity index (χ3n) is 4.05. The number of benzene rings is 1. The molecule has 1 atom stereocenters. The second kappa shape index (κ2) is 4.90. The Kier molecular flexibility index (Phi) is 3.64. The van der Waals surface area contributed by atoms with Crippen LogP contribution in [-0.2, 0) is 4.74 Å². The molecule has 1 fully saturated rings. The van der Waals surface area contributed by atoms with Crippen LogP contribution < -0.4 is 10.6 Å². The SMILES string of the molecule is CN(c1ccccc1)C1(CN)CCOC(C)(C)C1. The number of hydrogen-bond donors (Lipinski definition) is 1. The fraction of sp³-hybridized carbons (Fsp3) is 0.600. The molecule has 1 saturated heterocycles. The molecule has 18 heavy (non-hydrogen) atoms. The molecule has 0 amide bonds. The highest BCUT2D eigenvalue weighted by molar-refractivity contribution is 5.48. The van der Waals surface area contributed by atoms with Gasteiger partial charge in [0, 0.05) is 32.3 Å². The number of hydrogen-bond acceptors (Lipinski definition) is 3. The molecule has 1 aliphatic rings. The molecule has 2 rings (SSSR count). The summed E-state index contributed by atoms with van der Waals surface area (Å²) in [5.74, 6) is 0. The van der Waals surface area contributed by atoms with E-state index < -0.39 is 0 Å². The van der Waals surface area contributed by atoms with Crippen molar-refractivity contribution in [2.75, 3.05) is 25.1 Å². The van der Waals surface area contributed by atoms with Gasteiger partial charge < -0.3 is 15.4 Å². The summed E-state index contributed by atoms with van der Waals surface area (Å²) < 4.78 is 5.83. The quantitative estimate of drug-likeness (QED) is 0.892. The highest BCUT2D eigenvalue weighted by atomic mass is 16.5. The van der Waals surface area contributed by atoms with Gasteiger partial charge >= 0.3 is 0 Å². The number of likely N-dealkylation sites (N-methyl/N-ethyl adjacent to an activating group) is 1. The second-order valence-electron chi connectivity index (χ2n) is 5.86. The molecule has 0 saturated carbocycles. The van der Waals surface area contributed by atoms with Crippen molar-refractivity contribution in [2.45, 2.75) is 37.8 Å². The average molecular weight is 248 g/mol. The van der Waals surface area contributed by atoms with E-state index in [9.17, 15) is 0 Å². The predicted molar refractivity (Wildman–Crippen MR) is 75.9 cm³/mol. The van der Waals surface area contributed by atoms with Gasteiger partial charge in [0.15, 0.2) is 0 Å². The Labute approximate surface area is 110 Å².